The lowest BCUT2D eigenvalue weighted by Gasteiger charge is -2.29. The van der Waals surface area contributed by atoms with Crippen molar-refractivity contribution in [3.8, 4) is 22.7 Å². The Labute approximate surface area is 239 Å². The van der Waals surface area contributed by atoms with Gasteiger partial charge in [0.15, 0.2) is 5.75 Å². The molecule has 1 fully saturated rings. The lowest BCUT2D eigenvalue weighted by Crippen LogP contribution is -2.41. The summed E-state index contributed by atoms with van der Waals surface area (Å²) in [6.07, 6.45) is 5.20. The van der Waals surface area contributed by atoms with E-state index in [0.717, 1.165) is 22.4 Å². The summed E-state index contributed by atoms with van der Waals surface area (Å²) in [6, 6.07) is 12.9. The molecule has 1 saturated heterocycles. The van der Waals surface area contributed by atoms with E-state index < -0.39 is 0 Å². The largest absolute Gasteiger partial charge is 0.494 e. The quantitative estimate of drug-likeness (QED) is 0.369. The van der Waals surface area contributed by atoms with Crippen molar-refractivity contribution in [2.45, 2.75) is 33.1 Å². The van der Waals surface area contributed by atoms with Crippen LogP contribution in [-0.2, 0) is 10.2 Å². The van der Waals surface area contributed by atoms with Crippen molar-refractivity contribution in [1.29, 1.82) is 0 Å². The Hall–Kier alpha value is -4.57. The first kappa shape index (κ1) is 28.0. The number of morpholine rings is 1. The highest BCUT2D eigenvalue weighted by Gasteiger charge is 2.28. The molecule has 1 aliphatic heterocycles. The van der Waals surface area contributed by atoms with Gasteiger partial charge in [0.1, 0.15) is 5.69 Å². The molecule has 2 amide bonds. The minimum atomic E-state index is -0.333. The van der Waals surface area contributed by atoms with E-state index in [1.807, 2.05) is 37.3 Å². The maximum Gasteiger partial charge on any atom is 0.257 e. The summed E-state index contributed by atoms with van der Waals surface area (Å²) >= 11 is 0. The Morgan fingerprint density at radius 1 is 1.07 bits per heavy atom. The molecule has 10 heteroatoms. The van der Waals surface area contributed by atoms with Gasteiger partial charge in [0, 0.05) is 30.4 Å². The van der Waals surface area contributed by atoms with Crippen LogP contribution in [0.3, 0.4) is 0 Å². The third-order valence-corrected chi connectivity index (χ3v) is 7.12. The summed E-state index contributed by atoms with van der Waals surface area (Å²) in [5.41, 5.74) is 5.06. The molecule has 0 spiro atoms. The number of aryl methyl sites for hydroxylation is 1. The van der Waals surface area contributed by atoms with Crippen LogP contribution in [0, 0.1) is 6.92 Å². The van der Waals surface area contributed by atoms with Crippen LogP contribution in [-0.4, -0.2) is 70.1 Å². The first-order valence-corrected chi connectivity index (χ1v) is 13.5. The minimum Gasteiger partial charge on any atom is -0.494 e. The summed E-state index contributed by atoms with van der Waals surface area (Å²) in [5.74, 6) is -0.157. The van der Waals surface area contributed by atoms with Gasteiger partial charge in [0.25, 0.3) is 11.8 Å². The van der Waals surface area contributed by atoms with Gasteiger partial charge in [-0.3, -0.25) is 14.6 Å². The molecular weight excluding hydrogens is 520 g/mol. The van der Waals surface area contributed by atoms with Gasteiger partial charge in [-0.15, -0.1) is 5.10 Å². The van der Waals surface area contributed by atoms with Crippen molar-refractivity contribution in [3.63, 3.8) is 0 Å². The minimum absolute atomic E-state index is 0.152. The van der Waals surface area contributed by atoms with Gasteiger partial charge in [0.2, 0.25) is 0 Å². The second kappa shape index (κ2) is 11.5. The summed E-state index contributed by atoms with van der Waals surface area (Å²) in [7, 11) is 1.51. The fourth-order valence-corrected chi connectivity index (χ4v) is 4.71. The van der Waals surface area contributed by atoms with E-state index in [-0.39, 0.29) is 17.2 Å². The van der Waals surface area contributed by atoms with Crippen LogP contribution in [0.2, 0.25) is 0 Å². The molecular formula is C31H34N6O4. The van der Waals surface area contributed by atoms with Gasteiger partial charge in [-0.25, -0.2) is 4.68 Å². The van der Waals surface area contributed by atoms with Crippen LogP contribution in [0.1, 0.15) is 52.6 Å². The highest BCUT2D eigenvalue weighted by atomic mass is 16.5. The number of carbonyl (C=O) groups is 2. The highest BCUT2D eigenvalue weighted by Crippen LogP contribution is 2.36. The van der Waals surface area contributed by atoms with Crippen molar-refractivity contribution in [1.82, 2.24) is 24.9 Å². The van der Waals surface area contributed by atoms with Crippen LogP contribution in [0.4, 0.5) is 5.69 Å². The number of aromatic nitrogens is 4. The van der Waals surface area contributed by atoms with Crippen molar-refractivity contribution in [2.75, 3.05) is 38.7 Å². The number of carbonyl (C=O) groups excluding carboxylic acids is 2. The van der Waals surface area contributed by atoms with E-state index in [0.29, 0.717) is 54.6 Å². The van der Waals surface area contributed by atoms with Crippen molar-refractivity contribution < 1.29 is 19.1 Å². The Balaban J connectivity index is 1.48. The molecule has 0 atom stereocenters. The van der Waals surface area contributed by atoms with Crippen LogP contribution in [0.5, 0.6) is 5.75 Å². The van der Waals surface area contributed by atoms with E-state index in [4.69, 9.17) is 9.47 Å². The fourth-order valence-electron chi connectivity index (χ4n) is 4.71. The van der Waals surface area contributed by atoms with Crippen molar-refractivity contribution >= 4 is 17.5 Å². The van der Waals surface area contributed by atoms with E-state index in [9.17, 15) is 9.59 Å². The SMILES string of the molecule is COc1c(NC(=O)c2ccc(C)c(-c3cn(-c4cccnc4)nn3)c2)cc(C(C)(C)C)cc1C(=O)N1CCOCC1. The smallest absolute Gasteiger partial charge is 0.257 e. The van der Waals surface area contributed by atoms with E-state index >= 15 is 0 Å². The van der Waals surface area contributed by atoms with E-state index in [2.05, 4.69) is 41.4 Å². The molecule has 0 unspecified atom stereocenters. The average Bonchev–Trinajstić information content (AvgIpc) is 3.47. The number of anilines is 1. The Morgan fingerprint density at radius 2 is 1.85 bits per heavy atom. The predicted molar refractivity (Wildman–Crippen MR) is 156 cm³/mol. The maximum atomic E-state index is 13.6. The molecule has 0 saturated carbocycles. The lowest BCUT2D eigenvalue weighted by atomic mass is 9.85. The first-order valence-electron chi connectivity index (χ1n) is 13.5. The highest BCUT2D eigenvalue weighted by molar-refractivity contribution is 6.08. The monoisotopic (exact) mass is 554 g/mol. The molecule has 1 N–H and O–H groups in total. The number of pyridine rings is 1. The van der Waals surface area contributed by atoms with Gasteiger partial charge >= 0.3 is 0 Å². The number of methoxy groups -OCH3 is 1. The lowest BCUT2D eigenvalue weighted by molar-refractivity contribution is 0.0301. The van der Waals surface area contributed by atoms with Crippen LogP contribution in [0.25, 0.3) is 16.9 Å². The summed E-state index contributed by atoms with van der Waals surface area (Å²) < 4.78 is 12.8. The number of amides is 2. The zero-order valence-electron chi connectivity index (χ0n) is 24.0. The van der Waals surface area contributed by atoms with E-state index in [1.165, 1.54) is 7.11 Å². The van der Waals surface area contributed by atoms with E-state index in [1.54, 1.807) is 40.3 Å². The fraction of sp³-hybridized carbons (Fsp3) is 0.323. The maximum absolute atomic E-state index is 13.6. The number of hydrogen-bond donors (Lipinski definition) is 1. The molecule has 0 radical (unpaired) electrons. The standard InChI is InChI=1S/C31H34N6O4/c1-20-8-9-21(15-24(20)27-19-37(35-34-27)23-7-6-10-32-18-23)29(38)33-26-17-22(31(2,3)4)16-25(28(26)40-5)30(39)36-11-13-41-14-12-36/h6-10,15-19H,11-14H2,1-5H3,(H,33,38). The number of ether oxygens (including phenoxy) is 2. The van der Waals surface area contributed by atoms with Crippen LogP contribution >= 0.6 is 0 Å². The van der Waals surface area contributed by atoms with Gasteiger partial charge in [0.05, 0.1) is 49.7 Å². The summed E-state index contributed by atoms with van der Waals surface area (Å²) in [5, 5.41) is 11.6. The van der Waals surface area contributed by atoms with Gasteiger partial charge in [-0.2, -0.15) is 0 Å². The third kappa shape index (κ3) is 5.97. The predicted octanol–water partition coefficient (Wildman–Crippen LogP) is 4.67. The molecule has 41 heavy (non-hydrogen) atoms. The summed E-state index contributed by atoms with van der Waals surface area (Å²) in [6.45, 7) is 10.1. The Morgan fingerprint density at radius 3 is 2.54 bits per heavy atom. The zero-order valence-corrected chi connectivity index (χ0v) is 24.0. The molecule has 3 heterocycles. The molecule has 4 aromatic rings. The third-order valence-electron chi connectivity index (χ3n) is 7.12. The molecule has 2 aromatic carbocycles. The van der Waals surface area contributed by atoms with Gasteiger partial charge in [-0.1, -0.05) is 32.1 Å². The topological polar surface area (TPSA) is 111 Å². The molecule has 10 nitrogen and oxygen atoms in total. The molecule has 1 aliphatic rings. The van der Waals surface area contributed by atoms with Crippen LogP contribution < -0.4 is 10.1 Å². The Bertz CT molecular complexity index is 1570. The number of nitrogens with zero attached hydrogens (tertiary/aromatic N) is 5. The number of nitrogens with one attached hydrogen (secondary N) is 1. The summed E-state index contributed by atoms with van der Waals surface area (Å²) in [4.78, 5) is 33.1. The average molecular weight is 555 g/mol. The van der Waals surface area contributed by atoms with Crippen LogP contribution in [0.15, 0.2) is 61.1 Å². The normalized spacial score (nSPS) is 13.6. The molecule has 5 rings (SSSR count). The molecule has 0 bridgehead atoms. The number of hydrogen-bond acceptors (Lipinski definition) is 7. The first-order chi connectivity index (χ1) is 19.7. The molecule has 2 aromatic heterocycles. The second-order valence-electron chi connectivity index (χ2n) is 11.0. The zero-order chi connectivity index (χ0) is 29.1. The molecule has 0 aliphatic carbocycles. The van der Waals surface area contributed by atoms with Crippen molar-refractivity contribution in [3.05, 3.63) is 83.3 Å². The van der Waals surface area contributed by atoms with Gasteiger partial charge < -0.3 is 19.7 Å². The van der Waals surface area contributed by atoms with Gasteiger partial charge in [-0.05, 0) is 59.9 Å². The number of benzene rings is 2. The van der Waals surface area contributed by atoms with Crippen molar-refractivity contribution in [2.24, 2.45) is 0 Å². The number of rotatable bonds is 6. The second-order valence-corrected chi connectivity index (χ2v) is 11.0. The molecule has 212 valence electrons. The Kier molecular flexibility index (Phi) is 7.85.